The molecule has 1 saturated heterocycles. The third kappa shape index (κ3) is 5.23. The van der Waals surface area contributed by atoms with E-state index in [9.17, 15) is 22.0 Å². The van der Waals surface area contributed by atoms with Crippen LogP contribution < -0.4 is 5.32 Å². The van der Waals surface area contributed by atoms with Gasteiger partial charge in [-0.25, -0.2) is 17.2 Å². The van der Waals surface area contributed by atoms with Gasteiger partial charge in [-0.15, -0.1) is 0 Å². The highest BCUT2D eigenvalue weighted by Crippen LogP contribution is 2.28. The molecule has 2 aromatic rings. The third-order valence-corrected chi connectivity index (χ3v) is 7.03. The molecule has 1 heterocycles. The number of carbonyl (C=O) groups excluding carboxylic acids is 1. The highest BCUT2D eigenvalue weighted by atomic mass is 35.5. The van der Waals surface area contributed by atoms with E-state index in [-0.39, 0.29) is 40.3 Å². The fourth-order valence-electron chi connectivity index (χ4n) is 2.93. The van der Waals surface area contributed by atoms with Gasteiger partial charge in [0.25, 0.3) is 0 Å². The van der Waals surface area contributed by atoms with Gasteiger partial charge in [0.05, 0.1) is 17.3 Å². The van der Waals surface area contributed by atoms with Crippen LogP contribution in [-0.4, -0.2) is 56.3 Å². The quantitative estimate of drug-likeness (QED) is 0.738. The van der Waals surface area contributed by atoms with Crippen molar-refractivity contribution in [3.8, 4) is 0 Å². The second-order valence-electron chi connectivity index (χ2n) is 6.43. The first-order valence-electron chi connectivity index (χ1n) is 8.59. The smallest absolute Gasteiger partial charge is 0.244 e. The van der Waals surface area contributed by atoms with E-state index in [1.165, 1.54) is 22.5 Å². The molecule has 1 N–H and O–H groups in total. The van der Waals surface area contributed by atoms with Crippen LogP contribution in [0.1, 0.15) is 0 Å². The number of halogens is 4. The molecule has 0 aromatic heterocycles. The molecule has 0 bridgehead atoms. The molecule has 0 radical (unpaired) electrons. The van der Waals surface area contributed by atoms with Crippen molar-refractivity contribution in [3.05, 3.63) is 58.1 Å². The van der Waals surface area contributed by atoms with Crippen molar-refractivity contribution in [2.24, 2.45) is 0 Å². The molecule has 11 heteroatoms. The molecule has 0 unspecified atom stereocenters. The predicted octanol–water partition coefficient (Wildman–Crippen LogP) is 3.22. The minimum absolute atomic E-state index is 0.0530. The van der Waals surface area contributed by atoms with Crippen molar-refractivity contribution in [1.82, 2.24) is 9.21 Å². The summed E-state index contributed by atoms with van der Waals surface area (Å²) in [5.74, 6) is -2.09. The van der Waals surface area contributed by atoms with Crippen molar-refractivity contribution in [2.75, 3.05) is 38.0 Å². The Morgan fingerprint density at radius 3 is 2.38 bits per heavy atom. The van der Waals surface area contributed by atoms with Gasteiger partial charge in [-0.2, -0.15) is 4.31 Å². The van der Waals surface area contributed by atoms with E-state index < -0.39 is 27.6 Å². The van der Waals surface area contributed by atoms with Gasteiger partial charge in [0.2, 0.25) is 15.9 Å². The first-order chi connectivity index (χ1) is 13.7. The van der Waals surface area contributed by atoms with E-state index in [2.05, 4.69) is 5.32 Å². The molecule has 0 atom stereocenters. The zero-order valence-electron chi connectivity index (χ0n) is 15.0. The van der Waals surface area contributed by atoms with Crippen LogP contribution in [0.2, 0.25) is 10.0 Å². The Hall–Kier alpha value is -1.78. The first-order valence-corrected chi connectivity index (χ1v) is 10.8. The van der Waals surface area contributed by atoms with Crippen LogP contribution >= 0.6 is 23.2 Å². The summed E-state index contributed by atoms with van der Waals surface area (Å²) in [6, 6.07) is 7.09. The predicted molar refractivity (Wildman–Crippen MR) is 107 cm³/mol. The Balaban J connectivity index is 1.58. The van der Waals surface area contributed by atoms with Gasteiger partial charge < -0.3 is 5.32 Å². The summed E-state index contributed by atoms with van der Waals surface area (Å²) < 4.78 is 53.5. The molecule has 0 aliphatic carbocycles. The largest absolute Gasteiger partial charge is 0.322 e. The second-order valence-corrected chi connectivity index (χ2v) is 9.18. The molecular formula is C18H17Cl2F2N3O3S. The number of rotatable bonds is 5. The fraction of sp³-hybridized carbons (Fsp3) is 0.278. The van der Waals surface area contributed by atoms with Crippen molar-refractivity contribution in [1.29, 1.82) is 0 Å². The third-order valence-electron chi connectivity index (χ3n) is 4.41. The van der Waals surface area contributed by atoms with Crippen LogP contribution in [0.25, 0.3) is 0 Å². The molecule has 1 amide bonds. The molecular weight excluding hydrogens is 447 g/mol. The summed E-state index contributed by atoms with van der Waals surface area (Å²) in [6.45, 7) is 0.864. The van der Waals surface area contributed by atoms with Crippen LogP contribution in [0.3, 0.4) is 0 Å². The molecule has 0 spiro atoms. The normalized spacial score (nSPS) is 16.0. The molecule has 2 aromatic carbocycles. The lowest BCUT2D eigenvalue weighted by Gasteiger charge is -2.33. The number of amides is 1. The Morgan fingerprint density at radius 2 is 1.72 bits per heavy atom. The molecule has 1 aliphatic heterocycles. The van der Waals surface area contributed by atoms with E-state index >= 15 is 0 Å². The van der Waals surface area contributed by atoms with Crippen LogP contribution in [-0.2, 0) is 14.8 Å². The zero-order chi connectivity index (χ0) is 21.2. The minimum Gasteiger partial charge on any atom is -0.322 e. The Bertz CT molecular complexity index is 1030. The average Bonchev–Trinajstić information content (AvgIpc) is 2.66. The molecule has 1 aliphatic rings. The van der Waals surface area contributed by atoms with Crippen molar-refractivity contribution >= 4 is 44.8 Å². The average molecular weight is 464 g/mol. The first kappa shape index (κ1) is 21.9. The molecule has 6 nitrogen and oxygen atoms in total. The second kappa shape index (κ2) is 8.93. The van der Waals surface area contributed by atoms with Crippen molar-refractivity contribution in [3.63, 3.8) is 0 Å². The lowest BCUT2D eigenvalue weighted by Crippen LogP contribution is -2.50. The summed E-state index contributed by atoms with van der Waals surface area (Å²) in [7, 11) is -3.82. The van der Waals surface area contributed by atoms with Crippen molar-refractivity contribution < 1.29 is 22.0 Å². The van der Waals surface area contributed by atoms with Crippen LogP contribution in [0, 0.1) is 11.6 Å². The number of carbonyl (C=O) groups is 1. The van der Waals surface area contributed by atoms with Gasteiger partial charge in [-0.1, -0.05) is 23.2 Å². The highest BCUT2D eigenvalue weighted by Gasteiger charge is 2.30. The molecule has 0 saturated carbocycles. The lowest BCUT2D eigenvalue weighted by molar-refractivity contribution is -0.117. The number of nitrogens with zero attached hydrogens (tertiary/aromatic N) is 2. The van der Waals surface area contributed by atoms with E-state index in [4.69, 9.17) is 23.2 Å². The number of benzene rings is 2. The zero-order valence-corrected chi connectivity index (χ0v) is 17.4. The number of nitrogens with one attached hydrogen (secondary N) is 1. The Labute approximate surface area is 177 Å². The summed E-state index contributed by atoms with van der Waals surface area (Å²) in [6.07, 6.45) is 0. The molecule has 1 fully saturated rings. The summed E-state index contributed by atoms with van der Waals surface area (Å²) in [4.78, 5) is 13.8. The van der Waals surface area contributed by atoms with E-state index in [0.29, 0.717) is 19.2 Å². The number of sulfonamides is 1. The van der Waals surface area contributed by atoms with Gasteiger partial charge in [0, 0.05) is 37.3 Å². The molecule has 29 heavy (non-hydrogen) atoms. The highest BCUT2D eigenvalue weighted by molar-refractivity contribution is 7.89. The van der Waals surface area contributed by atoms with E-state index in [1.807, 2.05) is 0 Å². The SMILES string of the molecule is O=C(CN1CCN(S(=O)(=O)c2cc(Cl)ccc2Cl)CC1)Nc1ccc(F)cc1F. The van der Waals surface area contributed by atoms with Crippen LogP contribution in [0.15, 0.2) is 41.3 Å². The van der Waals surface area contributed by atoms with Gasteiger partial charge in [-0.05, 0) is 30.3 Å². The maximum atomic E-state index is 13.6. The maximum Gasteiger partial charge on any atom is 0.244 e. The lowest BCUT2D eigenvalue weighted by atomic mass is 10.3. The summed E-state index contributed by atoms with van der Waals surface area (Å²) in [5, 5.41) is 2.72. The Kier molecular flexibility index (Phi) is 6.75. The fourth-order valence-corrected chi connectivity index (χ4v) is 5.09. The Morgan fingerprint density at radius 1 is 1.03 bits per heavy atom. The number of hydrogen-bond donors (Lipinski definition) is 1. The maximum absolute atomic E-state index is 13.6. The van der Waals surface area contributed by atoms with Gasteiger partial charge in [0.1, 0.15) is 16.5 Å². The monoisotopic (exact) mass is 463 g/mol. The standard InChI is InChI=1S/C18H17Cl2F2N3O3S/c19-12-1-3-14(20)17(9-12)29(27,28)25-7-5-24(6-8-25)11-18(26)23-16-4-2-13(21)10-15(16)22/h1-4,9-10H,5-8,11H2,(H,23,26). The topological polar surface area (TPSA) is 69.7 Å². The van der Waals surface area contributed by atoms with Crippen molar-refractivity contribution in [2.45, 2.75) is 4.90 Å². The molecule has 156 valence electrons. The summed E-state index contributed by atoms with van der Waals surface area (Å²) in [5.41, 5.74) is -0.117. The summed E-state index contributed by atoms with van der Waals surface area (Å²) >= 11 is 11.9. The van der Waals surface area contributed by atoms with Gasteiger partial charge in [0.15, 0.2) is 0 Å². The van der Waals surface area contributed by atoms with Crippen LogP contribution in [0.4, 0.5) is 14.5 Å². The number of piperazine rings is 1. The van der Waals surface area contributed by atoms with Gasteiger partial charge in [-0.3, -0.25) is 9.69 Å². The minimum atomic E-state index is -3.82. The number of anilines is 1. The van der Waals surface area contributed by atoms with Crippen LogP contribution in [0.5, 0.6) is 0 Å². The van der Waals surface area contributed by atoms with Gasteiger partial charge >= 0.3 is 0 Å². The number of hydrogen-bond acceptors (Lipinski definition) is 4. The van der Waals surface area contributed by atoms with E-state index in [1.54, 1.807) is 4.90 Å². The van der Waals surface area contributed by atoms with E-state index in [0.717, 1.165) is 12.1 Å². The molecule has 3 rings (SSSR count).